The van der Waals surface area contributed by atoms with Crippen LogP contribution in [0.4, 0.5) is 0 Å². The van der Waals surface area contributed by atoms with Gasteiger partial charge >= 0.3 is 8.25 Å². The third-order valence-corrected chi connectivity index (χ3v) is 3.40. The molecule has 3 unspecified atom stereocenters. The van der Waals surface area contributed by atoms with Gasteiger partial charge < -0.3 is 14.9 Å². The van der Waals surface area contributed by atoms with Gasteiger partial charge in [0.25, 0.3) is 5.97 Å². The van der Waals surface area contributed by atoms with Gasteiger partial charge in [0.15, 0.2) is 9.03 Å². The molecule has 0 aromatic carbocycles. The molecule has 8 heteroatoms. The highest BCUT2D eigenvalue weighted by Crippen LogP contribution is 2.41. The third-order valence-electron chi connectivity index (χ3n) is 2.55. The zero-order valence-electron chi connectivity index (χ0n) is 8.18. The first-order valence-corrected chi connectivity index (χ1v) is 6.92. The van der Waals surface area contributed by atoms with Crippen molar-refractivity contribution in [2.45, 2.75) is 38.1 Å². The normalized spacial score (nSPS) is 25.5. The van der Waals surface area contributed by atoms with E-state index in [0.717, 1.165) is 19.3 Å². The summed E-state index contributed by atoms with van der Waals surface area (Å²) in [7, 11) is -4.27. The predicted octanol–water partition coefficient (Wildman–Crippen LogP) is 1.13. The fourth-order valence-corrected chi connectivity index (χ4v) is 2.73. The van der Waals surface area contributed by atoms with Gasteiger partial charge in [-0.3, -0.25) is 13.6 Å². The van der Waals surface area contributed by atoms with E-state index in [1.54, 1.807) is 0 Å². The van der Waals surface area contributed by atoms with Crippen molar-refractivity contribution in [2.75, 3.05) is 0 Å². The van der Waals surface area contributed by atoms with Gasteiger partial charge in [-0.2, -0.15) is 0 Å². The van der Waals surface area contributed by atoms with E-state index in [4.69, 9.17) is 9.79 Å². The summed E-state index contributed by atoms with van der Waals surface area (Å²) in [5.41, 5.74) is 0. The molecule has 3 atom stereocenters. The van der Waals surface area contributed by atoms with Gasteiger partial charge in [-0.25, -0.2) is 0 Å². The van der Waals surface area contributed by atoms with Gasteiger partial charge in [0, 0.05) is 5.92 Å². The van der Waals surface area contributed by atoms with Crippen LogP contribution >= 0.6 is 17.3 Å². The molecular weight excluding hydrogens is 242 g/mol. The van der Waals surface area contributed by atoms with Gasteiger partial charge in [-0.15, -0.1) is 0 Å². The second-order valence-electron chi connectivity index (χ2n) is 3.53. The largest absolute Gasteiger partial charge is 0.352 e. The predicted molar refractivity (Wildman–Crippen MR) is 55.4 cm³/mol. The highest BCUT2D eigenvalue weighted by Gasteiger charge is 2.41. The van der Waals surface area contributed by atoms with Gasteiger partial charge in [0.1, 0.15) is 0 Å². The SMILES string of the molecule is O=[PH](O)OC(O)(OPO)C1CCCCC1. The lowest BCUT2D eigenvalue weighted by atomic mass is 9.87. The third kappa shape index (κ3) is 4.08. The molecule has 90 valence electrons. The van der Waals surface area contributed by atoms with E-state index in [0.29, 0.717) is 12.8 Å². The summed E-state index contributed by atoms with van der Waals surface area (Å²) in [6, 6.07) is 0. The Balaban J connectivity index is 2.64. The molecule has 0 bridgehead atoms. The number of aliphatic hydroxyl groups is 1. The Kier molecular flexibility index (Phi) is 5.64. The van der Waals surface area contributed by atoms with Crippen LogP contribution in [0.15, 0.2) is 0 Å². The van der Waals surface area contributed by atoms with E-state index in [2.05, 4.69) is 9.05 Å². The number of hydrogen-bond donors (Lipinski definition) is 3. The Morgan fingerprint density at radius 2 is 1.93 bits per heavy atom. The lowest BCUT2D eigenvalue weighted by molar-refractivity contribution is -0.307. The van der Waals surface area contributed by atoms with E-state index in [1.807, 2.05) is 0 Å². The Bertz CT molecular complexity index is 220. The summed E-state index contributed by atoms with van der Waals surface area (Å²) in [5.74, 6) is -2.47. The van der Waals surface area contributed by atoms with Gasteiger partial charge in [-0.1, -0.05) is 19.3 Å². The van der Waals surface area contributed by atoms with E-state index in [-0.39, 0.29) is 5.92 Å². The van der Waals surface area contributed by atoms with Crippen LogP contribution in [0.25, 0.3) is 0 Å². The van der Waals surface area contributed by atoms with E-state index >= 15 is 0 Å². The summed E-state index contributed by atoms with van der Waals surface area (Å²) in [6.45, 7) is 0. The molecule has 15 heavy (non-hydrogen) atoms. The Morgan fingerprint density at radius 1 is 1.33 bits per heavy atom. The van der Waals surface area contributed by atoms with Crippen LogP contribution in [0.3, 0.4) is 0 Å². The molecule has 0 amide bonds. The highest BCUT2D eigenvalue weighted by molar-refractivity contribution is 7.32. The first-order valence-electron chi connectivity index (χ1n) is 4.80. The monoisotopic (exact) mass is 258 g/mol. The number of hydrogen-bond acceptors (Lipinski definition) is 5. The molecule has 0 aliphatic heterocycles. The second kappa shape index (κ2) is 6.26. The molecule has 0 aromatic heterocycles. The first kappa shape index (κ1) is 13.5. The van der Waals surface area contributed by atoms with Gasteiger partial charge in [0.2, 0.25) is 0 Å². The lowest BCUT2D eigenvalue weighted by Gasteiger charge is -2.35. The minimum Gasteiger partial charge on any atom is -0.352 e. The lowest BCUT2D eigenvalue weighted by Crippen LogP contribution is -2.41. The van der Waals surface area contributed by atoms with Crippen LogP contribution in [0.2, 0.25) is 0 Å². The molecule has 6 nitrogen and oxygen atoms in total. The fourth-order valence-electron chi connectivity index (χ4n) is 1.85. The van der Waals surface area contributed by atoms with Crippen molar-refractivity contribution in [2.24, 2.45) is 5.92 Å². The molecule has 1 fully saturated rings. The van der Waals surface area contributed by atoms with Crippen LogP contribution < -0.4 is 0 Å². The molecule has 0 saturated heterocycles. The van der Waals surface area contributed by atoms with E-state index < -0.39 is 23.3 Å². The van der Waals surface area contributed by atoms with Crippen molar-refractivity contribution < 1.29 is 28.5 Å². The Morgan fingerprint density at radius 3 is 2.40 bits per heavy atom. The van der Waals surface area contributed by atoms with Crippen molar-refractivity contribution in [3.8, 4) is 0 Å². The van der Waals surface area contributed by atoms with Crippen molar-refractivity contribution in [1.82, 2.24) is 0 Å². The zero-order chi connectivity index (χ0) is 11.3. The van der Waals surface area contributed by atoms with Crippen LogP contribution in [0.1, 0.15) is 32.1 Å². The van der Waals surface area contributed by atoms with Crippen LogP contribution in [-0.4, -0.2) is 20.9 Å². The molecular formula is C7H16O6P2. The van der Waals surface area contributed by atoms with Crippen molar-refractivity contribution in [3.63, 3.8) is 0 Å². The maximum absolute atomic E-state index is 10.6. The van der Waals surface area contributed by atoms with Gasteiger partial charge in [-0.05, 0) is 12.8 Å². The Hall–Kier alpha value is 0.460. The molecule has 0 spiro atoms. The topological polar surface area (TPSA) is 96.2 Å². The fraction of sp³-hybridized carbons (Fsp3) is 1.00. The molecule has 1 aliphatic rings. The summed E-state index contributed by atoms with van der Waals surface area (Å²) in [5, 5.41) is 9.87. The molecule has 0 heterocycles. The molecule has 1 rings (SSSR count). The van der Waals surface area contributed by atoms with Crippen LogP contribution in [0.5, 0.6) is 0 Å². The molecule has 0 radical (unpaired) electrons. The van der Waals surface area contributed by atoms with Crippen molar-refractivity contribution in [3.05, 3.63) is 0 Å². The highest BCUT2D eigenvalue weighted by atomic mass is 31.1. The maximum Gasteiger partial charge on any atom is 0.320 e. The average Bonchev–Trinajstić information content (AvgIpc) is 2.18. The van der Waals surface area contributed by atoms with Gasteiger partial charge in [0.05, 0.1) is 0 Å². The smallest absolute Gasteiger partial charge is 0.320 e. The summed E-state index contributed by atoms with van der Waals surface area (Å²) < 4.78 is 19.7. The van der Waals surface area contributed by atoms with E-state index in [1.165, 1.54) is 0 Å². The average molecular weight is 258 g/mol. The second-order valence-corrected chi connectivity index (χ2v) is 4.65. The minimum absolute atomic E-state index is 0.355. The van der Waals surface area contributed by atoms with Crippen LogP contribution in [0, 0.1) is 5.92 Å². The summed E-state index contributed by atoms with van der Waals surface area (Å²) in [6.07, 6.45) is 4.23. The zero-order valence-corrected chi connectivity index (χ0v) is 10.2. The minimum atomic E-state index is -3.29. The maximum atomic E-state index is 10.6. The molecule has 3 N–H and O–H groups in total. The Labute approximate surface area is 90.5 Å². The molecule has 0 aromatic rings. The van der Waals surface area contributed by atoms with Crippen molar-refractivity contribution >= 4 is 17.3 Å². The quantitative estimate of drug-likeness (QED) is 0.505. The number of rotatable bonds is 5. The molecule has 1 aliphatic carbocycles. The first-order chi connectivity index (χ1) is 7.08. The summed E-state index contributed by atoms with van der Waals surface area (Å²) >= 11 is 0. The molecule has 1 saturated carbocycles. The summed E-state index contributed by atoms with van der Waals surface area (Å²) in [4.78, 5) is 17.3. The van der Waals surface area contributed by atoms with E-state index in [9.17, 15) is 9.67 Å². The standard InChI is InChI=1S/C7H16O6P2/c8-7(12-14-9,13-15(10)11)6-4-2-1-3-5-6/h6,8-9,14-15H,1-5H2,(H,10,11). The van der Waals surface area contributed by atoms with Crippen LogP contribution in [-0.2, 0) is 13.6 Å². The van der Waals surface area contributed by atoms with Crippen molar-refractivity contribution in [1.29, 1.82) is 0 Å².